The second-order valence-corrected chi connectivity index (χ2v) is 4.60. The van der Waals surface area contributed by atoms with Crippen LogP contribution in [0.5, 0.6) is 0 Å². The van der Waals surface area contributed by atoms with Gasteiger partial charge >= 0.3 is 0 Å². The summed E-state index contributed by atoms with van der Waals surface area (Å²) in [7, 11) is 0. The predicted molar refractivity (Wildman–Crippen MR) is 67.7 cm³/mol. The number of rotatable bonds is 4. The Morgan fingerprint density at radius 2 is 2.18 bits per heavy atom. The van der Waals surface area contributed by atoms with Crippen molar-refractivity contribution in [3.8, 4) is 0 Å². The molecule has 92 valence electrons. The first-order chi connectivity index (χ1) is 8.27. The van der Waals surface area contributed by atoms with Gasteiger partial charge in [0.2, 0.25) is 0 Å². The number of nitrogens with zero attached hydrogens (tertiary/aromatic N) is 3. The van der Waals surface area contributed by atoms with E-state index in [1.807, 2.05) is 0 Å². The second kappa shape index (κ2) is 5.45. The molecule has 2 rings (SSSR count). The smallest absolute Gasteiger partial charge is 0.156 e. The molecule has 0 amide bonds. The van der Waals surface area contributed by atoms with E-state index in [2.05, 4.69) is 21.8 Å². The van der Waals surface area contributed by atoms with E-state index in [9.17, 15) is 4.79 Å². The van der Waals surface area contributed by atoms with Gasteiger partial charge in [0.1, 0.15) is 17.3 Å². The fourth-order valence-corrected chi connectivity index (χ4v) is 2.67. The van der Waals surface area contributed by atoms with E-state index in [-0.39, 0.29) is 5.15 Å². The number of anilines is 1. The Balaban J connectivity index is 2.35. The van der Waals surface area contributed by atoms with Gasteiger partial charge in [0.05, 0.1) is 5.56 Å². The first-order valence-electron chi connectivity index (χ1n) is 6.00. The fraction of sp³-hybridized carbons (Fsp3) is 0.583. The standard InChI is InChI=1S/C12H16ClN3O/c1-2-16(9-5-3-4-6-9)12-10(7-17)11(13)14-8-15-12/h7-9H,2-6H2,1H3. The summed E-state index contributed by atoms with van der Waals surface area (Å²) >= 11 is 5.93. The maximum atomic E-state index is 11.1. The van der Waals surface area contributed by atoms with Crippen LogP contribution in [0.15, 0.2) is 6.33 Å². The summed E-state index contributed by atoms with van der Waals surface area (Å²) in [4.78, 5) is 21.3. The molecule has 1 heterocycles. The highest BCUT2D eigenvalue weighted by atomic mass is 35.5. The van der Waals surface area contributed by atoms with Crippen molar-refractivity contribution in [2.24, 2.45) is 0 Å². The third-order valence-electron chi connectivity index (χ3n) is 3.31. The predicted octanol–water partition coefficient (Wildman–Crippen LogP) is 2.71. The van der Waals surface area contributed by atoms with E-state index in [4.69, 9.17) is 11.6 Å². The molecule has 4 nitrogen and oxygen atoms in total. The van der Waals surface area contributed by atoms with Gasteiger partial charge in [0, 0.05) is 12.6 Å². The number of carbonyl (C=O) groups excluding carboxylic acids is 1. The van der Waals surface area contributed by atoms with Crippen molar-refractivity contribution in [2.75, 3.05) is 11.4 Å². The van der Waals surface area contributed by atoms with E-state index in [0.717, 1.165) is 25.7 Å². The highest BCUT2D eigenvalue weighted by Gasteiger charge is 2.25. The zero-order chi connectivity index (χ0) is 12.3. The SMILES string of the molecule is CCN(c1ncnc(Cl)c1C=O)C1CCCC1. The molecule has 0 aromatic carbocycles. The van der Waals surface area contributed by atoms with E-state index in [1.54, 1.807) is 0 Å². The Bertz CT molecular complexity index is 405. The second-order valence-electron chi connectivity index (χ2n) is 4.24. The van der Waals surface area contributed by atoms with Crippen molar-refractivity contribution >= 4 is 23.7 Å². The van der Waals surface area contributed by atoms with Crippen molar-refractivity contribution in [3.63, 3.8) is 0 Å². The minimum Gasteiger partial charge on any atom is -0.353 e. The van der Waals surface area contributed by atoms with Crippen molar-refractivity contribution in [2.45, 2.75) is 38.6 Å². The summed E-state index contributed by atoms with van der Waals surface area (Å²) in [5.74, 6) is 0.675. The Hall–Kier alpha value is -1.16. The lowest BCUT2D eigenvalue weighted by Crippen LogP contribution is -2.34. The highest BCUT2D eigenvalue weighted by Crippen LogP contribution is 2.29. The van der Waals surface area contributed by atoms with Crippen molar-refractivity contribution in [3.05, 3.63) is 17.0 Å². The third kappa shape index (κ3) is 2.41. The molecule has 0 bridgehead atoms. The molecule has 5 heteroatoms. The van der Waals surface area contributed by atoms with Crippen LogP contribution in [0.1, 0.15) is 43.0 Å². The Morgan fingerprint density at radius 3 is 2.76 bits per heavy atom. The molecule has 1 aliphatic carbocycles. The molecule has 0 atom stereocenters. The van der Waals surface area contributed by atoms with Gasteiger partial charge < -0.3 is 4.90 Å². The first kappa shape index (κ1) is 12.3. The lowest BCUT2D eigenvalue weighted by atomic mass is 10.2. The van der Waals surface area contributed by atoms with Crippen LogP contribution in [0.25, 0.3) is 0 Å². The summed E-state index contributed by atoms with van der Waals surface area (Å²) in [5, 5.41) is 0.237. The molecule has 0 aliphatic heterocycles. The van der Waals surface area contributed by atoms with Crippen molar-refractivity contribution < 1.29 is 4.79 Å². The number of aldehydes is 1. The van der Waals surface area contributed by atoms with Gasteiger partial charge in [-0.2, -0.15) is 0 Å². The molecule has 1 aliphatic rings. The van der Waals surface area contributed by atoms with Crippen LogP contribution in [0.4, 0.5) is 5.82 Å². The van der Waals surface area contributed by atoms with Crippen LogP contribution in [0.3, 0.4) is 0 Å². The van der Waals surface area contributed by atoms with E-state index >= 15 is 0 Å². The normalized spacial score (nSPS) is 16.1. The Morgan fingerprint density at radius 1 is 1.47 bits per heavy atom. The summed E-state index contributed by atoms with van der Waals surface area (Å²) in [6, 6.07) is 0.477. The van der Waals surface area contributed by atoms with Crippen LogP contribution in [-0.2, 0) is 0 Å². The van der Waals surface area contributed by atoms with Crippen LogP contribution in [0.2, 0.25) is 5.15 Å². The van der Waals surface area contributed by atoms with Crippen LogP contribution in [0, 0.1) is 0 Å². The lowest BCUT2D eigenvalue weighted by molar-refractivity contribution is 0.112. The summed E-state index contributed by atoms with van der Waals surface area (Å²) < 4.78 is 0. The largest absolute Gasteiger partial charge is 0.353 e. The van der Waals surface area contributed by atoms with Gasteiger partial charge in [-0.25, -0.2) is 9.97 Å². The molecule has 1 aromatic heterocycles. The highest BCUT2D eigenvalue weighted by molar-refractivity contribution is 6.32. The van der Waals surface area contributed by atoms with Gasteiger partial charge in [0.15, 0.2) is 6.29 Å². The summed E-state index contributed by atoms with van der Waals surface area (Å²) in [6.07, 6.45) is 6.98. The summed E-state index contributed by atoms with van der Waals surface area (Å²) in [6.45, 7) is 2.90. The van der Waals surface area contributed by atoms with E-state index in [1.165, 1.54) is 19.2 Å². The third-order valence-corrected chi connectivity index (χ3v) is 3.61. The first-order valence-corrected chi connectivity index (χ1v) is 6.38. The monoisotopic (exact) mass is 253 g/mol. The Labute approximate surface area is 106 Å². The molecule has 1 fully saturated rings. The molecule has 0 radical (unpaired) electrons. The minimum absolute atomic E-state index is 0.237. The average molecular weight is 254 g/mol. The number of hydrogen-bond donors (Lipinski definition) is 0. The molecule has 0 saturated heterocycles. The molecule has 1 aromatic rings. The van der Waals surface area contributed by atoms with Crippen LogP contribution >= 0.6 is 11.6 Å². The fourth-order valence-electron chi connectivity index (χ4n) is 2.49. The van der Waals surface area contributed by atoms with Crippen LogP contribution in [-0.4, -0.2) is 28.8 Å². The molecule has 1 saturated carbocycles. The number of carbonyl (C=O) groups is 1. The zero-order valence-corrected chi connectivity index (χ0v) is 10.7. The molecule has 0 spiro atoms. The molecule has 17 heavy (non-hydrogen) atoms. The minimum atomic E-state index is 0.237. The Kier molecular flexibility index (Phi) is 3.94. The molecular formula is C12H16ClN3O. The zero-order valence-electron chi connectivity index (χ0n) is 9.90. The molecule has 0 unspecified atom stereocenters. The average Bonchev–Trinajstić information content (AvgIpc) is 2.84. The van der Waals surface area contributed by atoms with Crippen LogP contribution < -0.4 is 4.90 Å². The molecular weight excluding hydrogens is 238 g/mol. The molecule has 0 N–H and O–H groups in total. The van der Waals surface area contributed by atoms with Gasteiger partial charge in [-0.15, -0.1) is 0 Å². The number of hydrogen-bond acceptors (Lipinski definition) is 4. The maximum absolute atomic E-state index is 11.1. The van der Waals surface area contributed by atoms with E-state index < -0.39 is 0 Å². The van der Waals surface area contributed by atoms with Crippen molar-refractivity contribution in [1.29, 1.82) is 0 Å². The van der Waals surface area contributed by atoms with Gasteiger partial charge in [-0.1, -0.05) is 24.4 Å². The number of aromatic nitrogens is 2. The maximum Gasteiger partial charge on any atom is 0.156 e. The summed E-state index contributed by atoms with van der Waals surface area (Å²) in [5.41, 5.74) is 0.405. The van der Waals surface area contributed by atoms with Gasteiger partial charge in [-0.3, -0.25) is 4.79 Å². The van der Waals surface area contributed by atoms with Crippen molar-refractivity contribution in [1.82, 2.24) is 9.97 Å². The van der Waals surface area contributed by atoms with Gasteiger partial charge in [0.25, 0.3) is 0 Å². The quantitative estimate of drug-likeness (QED) is 0.611. The lowest BCUT2D eigenvalue weighted by Gasteiger charge is -2.29. The number of halogens is 1. The topological polar surface area (TPSA) is 46.1 Å². The van der Waals surface area contributed by atoms with Gasteiger partial charge in [-0.05, 0) is 19.8 Å². The van der Waals surface area contributed by atoms with E-state index in [0.29, 0.717) is 17.4 Å².